The lowest BCUT2D eigenvalue weighted by Gasteiger charge is -2.34. The Bertz CT molecular complexity index is 1020. The minimum atomic E-state index is -0.482. The fourth-order valence-corrected chi connectivity index (χ4v) is 3.92. The van der Waals surface area contributed by atoms with Crippen molar-refractivity contribution in [2.75, 3.05) is 4.90 Å². The van der Waals surface area contributed by atoms with Gasteiger partial charge in [-0.2, -0.15) is 0 Å². The van der Waals surface area contributed by atoms with E-state index in [0.29, 0.717) is 24.5 Å². The molecule has 3 aromatic carbocycles. The summed E-state index contributed by atoms with van der Waals surface area (Å²) < 4.78 is 6.08. The third-order valence-electron chi connectivity index (χ3n) is 5.38. The maximum absolute atomic E-state index is 13.3. The van der Waals surface area contributed by atoms with Crippen LogP contribution in [0.3, 0.4) is 0 Å². The van der Waals surface area contributed by atoms with Gasteiger partial charge in [0.05, 0.1) is 12.2 Å². The molecule has 1 amide bonds. The number of anilines is 1. The van der Waals surface area contributed by atoms with Gasteiger partial charge in [-0.05, 0) is 60.2 Å². The number of carbonyl (C=O) groups excluding carboxylic acids is 1. The molecule has 1 aliphatic heterocycles. The Labute approximate surface area is 182 Å². The van der Waals surface area contributed by atoms with Gasteiger partial charge in [-0.1, -0.05) is 60.1 Å². The van der Waals surface area contributed by atoms with Crippen LogP contribution in [0.4, 0.5) is 5.69 Å². The number of amides is 1. The van der Waals surface area contributed by atoms with Crippen LogP contribution in [0.1, 0.15) is 29.5 Å². The molecule has 4 nitrogen and oxygen atoms in total. The average Bonchev–Trinajstić information content (AvgIpc) is 2.78. The predicted octanol–water partition coefficient (Wildman–Crippen LogP) is 5.12. The number of fused-ring (bicyclic) bond motifs is 1. The van der Waals surface area contributed by atoms with Crippen LogP contribution in [0.5, 0.6) is 5.75 Å². The Hall–Kier alpha value is -2.82. The zero-order valence-electron chi connectivity index (χ0n) is 16.8. The first-order chi connectivity index (χ1) is 14.6. The summed E-state index contributed by atoms with van der Waals surface area (Å²) in [6.45, 7) is 1.03. The van der Waals surface area contributed by atoms with Crippen molar-refractivity contribution in [1.82, 2.24) is 0 Å². The zero-order valence-corrected chi connectivity index (χ0v) is 17.5. The number of ether oxygens (including phenoxy) is 1. The molecule has 0 saturated heterocycles. The van der Waals surface area contributed by atoms with Gasteiger partial charge in [0.25, 0.3) is 5.91 Å². The van der Waals surface area contributed by atoms with Gasteiger partial charge < -0.3 is 15.4 Å². The normalized spacial score (nSPS) is 15.6. The highest BCUT2D eigenvalue weighted by Gasteiger charge is 2.33. The lowest BCUT2D eigenvalue weighted by atomic mass is 10.0. The highest BCUT2D eigenvalue weighted by atomic mass is 35.5. The van der Waals surface area contributed by atoms with Gasteiger partial charge in [0.1, 0.15) is 5.75 Å². The number of hydrogen-bond donors (Lipinski definition) is 1. The maximum atomic E-state index is 13.3. The minimum absolute atomic E-state index is 0.000594. The largest absolute Gasteiger partial charge is 0.478 e. The molecule has 2 N–H and O–H groups in total. The van der Waals surface area contributed by atoms with E-state index in [0.717, 1.165) is 35.4 Å². The molecule has 0 aliphatic carbocycles. The van der Waals surface area contributed by atoms with Crippen LogP contribution in [0.2, 0.25) is 5.02 Å². The molecule has 5 heteroatoms. The van der Waals surface area contributed by atoms with Crippen molar-refractivity contribution in [3.05, 3.63) is 94.5 Å². The number of aryl methyl sites for hydroxylation is 1. The van der Waals surface area contributed by atoms with E-state index in [-0.39, 0.29) is 5.91 Å². The fourth-order valence-electron chi connectivity index (χ4n) is 3.80. The molecule has 1 atom stereocenters. The molecule has 0 fully saturated rings. The standard InChI is InChI=1S/C25H25ClN2O2/c26-21-13-11-19(12-14-21)17-28-22-8-1-2-9-23(22)30-24(25(28)29)10-4-6-18-5-3-7-20(15-18)16-27/h1-3,5,7-9,11-15,24H,4,6,10,16-17,27H2. The van der Waals surface area contributed by atoms with E-state index in [1.54, 1.807) is 0 Å². The second-order valence-corrected chi connectivity index (χ2v) is 7.98. The van der Waals surface area contributed by atoms with Gasteiger partial charge in [0, 0.05) is 11.6 Å². The van der Waals surface area contributed by atoms with E-state index < -0.39 is 6.10 Å². The van der Waals surface area contributed by atoms with Crippen LogP contribution in [0.15, 0.2) is 72.8 Å². The molecule has 154 valence electrons. The second-order valence-electron chi connectivity index (χ2n) is 7.54. The molecule has 0 saturated carbocycles. The van der Waals surface area contributed by atoms with Crippen LogP contribution in [0.25, 0.3) is 0 Å². The van der Waals surface area contributed by atoms with E-state index in [2.05, 4.69) is 12.1 Å². The third-order valence-corrected chi connectivity index (χ3v) is 5.63. The van der Waals surface area contributed by atoms with Crippen molar-refractivity contribution < 1.29 is 9.53 Å². The summed E-state index contributed by atoms with van der Waals surface area (Å²) in [6, 6.07) is 23.6. The first-order valence-electron chi connectivity index (χ1n) is 10.2. The number of hydrogen-bond acceptors (Lipinski definition) is 3. The van der Waals surface area contributed by atoms with Crippen LogP contribution in [0, 0.1) is 0 Å². The molecule has 0 radical (unpaired) electrons. The molecule has 0 aromatic heterocycles. The van der Waals surface area contributed by atoms with Crippen molar-refractivity contribution in [3.63, 3.8) is 0 Å². The summed E-state index contributed by atoms with van der Waals surface area (Å²) in [6.07, 6.45) is 1.93. The van der Waals surface area contributed by atoms with Gasteiger partial charge >= 0.3 is 0 Å². The molecular formula is C25H25ClN2O2. The summed E-state index contributed by atoms with van der Waals surface area (Å²) >= 11 is 6.01. The van der Waals surface area contributed by atoms with Crippen molar-refractivity contribution in [2.45, 2.75) is 38.5 Å². The summed E-state index contributed by atoms with van der Waals surface area (Å²) in [4.78, 5) is 15.1. The summed E-state index contributed by atoms with van der Waals surface area (Å²) in [5, 5.41) is 0.684. The van der Waals surface area contributed by atoms with E-state index >= 15 is 0 Å². The Balaban J connectivity index is 1.47. The first-order valence-corrected chi connectivity index (χ1v) is 10.6. The number of nitrogens with two attached hydrogens (primary N) is 1. The van der Waals surface area contributed by atoms with Crippen molar-refractivity contribution in [2.24, 2.45) is 5.73 Å². The van der Waals surface area contributed by atoms with Gasteiger partial charge in [-0.15, -0.1) is 0 Å². The topological polar surface area (TPSA) is 55.6 Å². The van der Waals surface area contributed by atoms with E-state index in [9.17, 15) is 4.79 Å². The Morgan fingerprint density at radius 2 is 1.70 bits per heavy atom. The third kappa shape index (κ3) is 4.66. The van der Waals surface area contributed by atoms with Gasteiger partial charge in [-0.3, -0.25) is 4.79 Å². The second kappa shape index (κ2) is 9.33. The molecule has 0 spiro atoms. The molecule has 1 heterocycles. The first kappa shape index (κ1) is 20.5. The summed E-state index contributed by atoms with van der Waals surface area (Å²) in [5.41, 5.74) is 9.94. The molecule has 0 bridgehead atoms. The van der Waals surface area contributed by atoms with Crippen molar-refractivity contribution in [3.8, 4) is 5.75 Å². The van der Waals surface area contributed by atoms with Gasteiger partial charge in [0.2, 0.25) is 0 Å². The van der Waals surface area contributed by atoms with Crippen LogP contribution >= 0.6 is 11.6 Å². The molecule has 3 aromatic rings. The lowest BCUT2D eigenvalue weighted by molar-refractivity contribution is -0.126. The average molecular weight is 421 g/mol. The van der Waals surface area contributed by atoms with Gasteiger partial charge in [0.15, 0.2) is 6.10 Å². The Morgan fingerprint density at radius 3 is 2.50 bits per heavy atom. The number of halogens is 1. The number of benzene rings is 3. The Kier molecular flexibility index (Phi) is 6.36. The number of nitrogens with zero attached hydrogens (tertiary/aromatic N) is 1. The minimum Gasteiger partial charge on any atom is -0.478 e. The van der Waals surface area contributed by atoms with Crippen molar-refractivity contribution >= 4 is 23.2 Å². The lowest BCUT2D eigenvalue weighted by Crippen LogP contribution is -2.45. The quantitative estimate of drug-likeness (QED) is 0.577. The van der Waals surface area contributed by atoms with Gasteiger partial charge in [-0.25, -0.2) is 0 Å². The van der Waals surface area contributed by atoms with Crippen LogP contribution < -0.4 is 15.4 Å². The zero-order chi connectivity index (χ0) is 20.9. The number of para-hydroxylation sites is 2. The van der Waals surface area contributed by atoms with E-state index in [4.69, 9.17) is 22.1 Å². The Morgan fingerprint density at radius 1 is 0.933 bits per heavy atom. The van der Waals surface area contributed by atoms with Crippen molar-refractivity contribution in [1.29, 1.82) is 0 Å². The SMILES string of the molecule is NCc1cccc(CCCC2Oc3ccccc3N(Cc3ccc(Cl)cc3)C2=O)c1. The number of rotatable bonds is 7. The molecule has 30 heavy (non-hydrogen) atoms. The maximum Gasteiger partial charge on any atom is 0.268 e. The highest BCUT2D eigenvalue weighted by molar-refractivity contribution is 6.30. The summed E-state index contributed by atoms with van der Waals surface area (Å²) in [5.74, 6) is 0.751. The monoisotopic (exact) mass is 420 g/mol. The molecular weight excluding hydrogens is 396 g/mol. The number of carbonyl (C=O) groups is 1. The predicted molar refractivity (Wildman–Crippen MR) is 121 cm³/mol. The van der Waals surface area contributed by atoms with E-state index in [1.807, 2.05) is 65.6 Å². The summed E-state index contributed by atoms with van der Waals surface area (Å²) in [7, 11) is 0. The smallest absolute Gasteiger partial charge is 0.268 e. The van der Waals surface area contributed by atoms with Crippen LogP contribution in [-0.2, 0) is 24.3 Å². The molecule has 1 unspecified atom stereocenters. The molecule has 4 rings (SSSR count). The van der Waals surface area contributed by atoms with Crippen LogP contribution in [-0.4, -0.2) is 12.0 Å². The molecule has 1 aliphatic rings. The van der Waals surface area contributed by atoms with E-state index in [1.165, 1.54) is 5.56 Å². The highest BCUT2D eigenvalue weighted by Crippen LogP contribution is 2.36. The fraction of sp³-hybridized carbons (Fsp3) is 0.240.